The van der Waals surface area contributed by atoms with Crippen LogP contribution >= 0.6 is 11.3 Å². The summed E-state index contributed by atoms with van der Waals surface area (Å²) >= 11 is 1.50. The topological polar surface area (TPSA) is 74.5 Å². The van der Waals surface area contributed by atoms with Crippen LogP contribution in [0.2, 0.25) is 0 Å². The normalized spacial score (nSPS) is 12.0. The summed E-state index contributed by atoms with van der Waals surface area (Å²) in [6, 6.07) is 9.48. The number of aromatic nitrogens is 2. The summed E-state index contributed by atoms with van der Waals surface area (Å²) in [6.07, 6.45) is -0.643. The largest absolute Gasteiger partial charge is 0.482 e. The van der Waals surface area contributed by atoms with Crippen LogP contribution in [-0.4, -0.2) is 22.8 Å². The Hall–Kier alpha value is -2.67. The van der Waals surface area contributed by atoms with E-state index in [0.717, 1.165) is 16.0 Å². The Morgan fingerprint density at radius 2 is 2.08 bits per heavy atom. The van der Waals surface area contributed by atoms with E-state index in [0.29, 0.717) is 11.6 Å². The molecular weight excluding hydrogens is 340 g/mol. The number of thiophene rings is 1. The Balaban J connectivity index is 1.56. The van der Waals surface area contributed by atoms with Gasteiger partial charge in [-0.15, -0.1) is 21.5 Å². The summed E-state index contributed by atoms with van der Waals surface area (Å²) in [5, 5.41) is 9.84. The van der Waals surface area contributed by atoms with E-state index < -0.39 is 12.1 Å². The van der Waals surface area contributed by atoms with Crippen molar-refractivity contribution in [2.45, 2.75) is 26.9 Å². The molecule has 1 atom stereocenters. The molecule has 7 heteroatoms. The molecule has 2 heterocycles. The zero-order chi connectivity index (χ0) is 17.8. The SMILES string of the molecule is Cc1cccc(OCC(=O)O[C@@H](C)c2nnc(-c3cccs3)o2)c1C. The Labute approximate surface area is 149 Å². The molecule has 0 saturated carbocycles. The summed E-state index contributed by atoms with van der Waals surface area (Å²) in [4.78, 5) is 12.9. The van der Waals surface area contributed by atoms with Crippen molar-refractivity contribution in [3.8, 4) is 16.5 Å². The fraction of sp³-hybridized carbons (Fsp3) is 0.278. The lowest BCUT2D eigenvalue weighted by atomic mass is 10.1. The molecule has 1 aromatic carbocycles. The molecule has 0 aliphatic heterocycles. The lowest BCUT2D eigenvalue weighted by Crippen LogP contribution is -2.17. The molecule has 0 spiro atoms. The molecule has 3 rings (SSSR count). The van der Waals surface area contributed by atoms with Crippen molar-refractivity contribution < 1.29 is 18.7 Å². The van der Waals surface area contributed by atoms with Crippen molar-refractivity contribution >= 4 is 17.3 Å². The standard InChI is InChI=1S/C18H18N2O4S/c1-11-6-4-7-14(12(11)2)22-10-16(21)23-13(3)17-19-20-18(24-17)15-8-5-9-25-15/h4-9,13H,10H2,1-3H3/t13-/m0/s1. The molecule has 0 unspecified atom stereocenters. The number of carbonyl (C=O) groups is 1. The van der Waals surface area contributed by atoms with Crippen LogP contribution in [0.5, 0.6) is 5.75 Å². The van der Waals surface area contributed by atoms with Crippen LogP contribution in [0.1, 0.15) is 30.0 Å². The van der Waals surface area contributed by atoms with Gasteiger partial charge < -0.3 is 13.9 Å². The number of esters is 1. The zero-order valence-corrected chi connectivity index (χ0v) is 15.0. The van der Waals surface area contributed by atoms with E-state index in [-0.39, 0.29) is 12.5 Å². The van der Waals surface area contributed by atoms with Crippen molar-refractivity contribution in [1.29, 1.82) is 0 Å². The number of aryl methyl sites for hydroxylation is 1. The van der Waals surface area contributed by atoms with Gasteiger partial charge in [0.1, 0.15) is 5.75 Å². The van der Waals surface area contributed by atoms with Gasteiger partial charge in [0.05, 0.1) is 4.88 Å². The van der Waals surface area contributed by atoms with Crippen LogP contribution < -0.4 is 4.74 Å². The monoisotopic (exact) mass is 358 g/mol. The van der Waals surface area contributed by atoms with Crippen LogP contribution in [0, 0.1) is 13.8 Å². The number of ether oxygens (including phenoxy) is 2. The van der Waals surface area contributed by atoms with E-state index in [9.17, 15) is 4.79 Å². The molecule has 6 nitrogen and oxygen atoms in total. The third-order valence-corrected chi connectivity index (χ3v) is 4.59. The maximum Gasteiger partial charge on any atom is 0.344 e. The second-order valence-corrected chi connectivity index (χ2v) is 6.49. The first-order valence-electron chi connectivity index (χ1n) is 7.80. The van der Waals surface area contributed by atoms with E-state index in [1.54, 1.807) is 6.92 Å². The number of rotatable bonds is 6. The smallest absolute Gasteiger partial charge is 0.344 e. The summed E-state index contributed by atoms with van der Waals surface area (Å²) in [7, 11) is 0. The van der Waals surface area contributed by atoms with E-state index in [1.807, 2.05) is 49.6 Å². The molecule has 0 amide bonds. The molecule has 25 heavy (non-hydrogen) atoms. The predicted octanol–water partition coefficient (Wildman–Crippen LogP) is 4.10. The average molecular weight is 358 g/mol. The molecule has 0 aliphatic carbocycles. The van der Waals surface area contributed by atoms with E-state index in [1.165, 1.54) is 11.3 Å². The van der Waals surface area contributed by atoms with Crippen molar-refractivity contribution in [1.82, 2.24) is 10.2 Å². The minimum atomic E-state index is -0.643. The highest BCUT2D eigenvalue weighted by Gasteiger charge is 2.19. The minimum absolute atomic E-state index is 0.180. The molecule has 0 radical (unpaired) electrons. The van der Waals surface area contributed by atoms with Crippen LogP contribution in [0.3, 0.4) is 0 Å². The first kappa shape index (κ1) is 17.2. The average Bonchev–Trinajstić information content (AvgIpc) is 3.27. The summed E-state index contributed by atoms with van der Waals surface area (Å²) in [5.74, 6) is 0.842. The van der Waals surface area contributed by atoms with Gasteiger partial charge in [-0.2, -0.15) is 0 Å². The van der Waals surface area contributed by atoms with Crippen molar-refractivity contribution in [3.63, 3.8) is 0 Å². The minimum Gasteiger partial charge on any atom is -0.482 e. The molecular formula is C18H18N2O4S. The Kier molecular flexibility index (Phi) is 5.14. The van der Waals surface area contributed by atoms with Crippen molar-refractivity contribution in [2.75, 3.05) is 6.61 Å². The summed E-state index contributed by atoms with van der Waals surface area (Å²) in [5.41, 5.74) is 2.10. The van der Waals surface area contributed by atoms with Gasteiger partial charge in [0.15, 0.2) is 12.7 Å². The summed E-state index contributed by atoms with van der Waals surface area (Å²) in [6.45, 7) is 5.44. The van der Waals surface area contributed by atoms with Crippen LogP contribution in [0.15, 0.2) is 40.1 Å². The highest BCUT2D eigenvalue weighted by molar-refractivity contribution is 7.13. The predicted molar refractivity (Wildman–Crippen MR) is 93.5 cm³/mol. The molecule has 3 aromatic rings. The molecule has 2 aromatic heterocycles. The summed E-state index contributed by atoms with van der Waals surface area (Å²) < 4.78 is 16.4. The second-order valence-electron chi connectivity index (χ2n) is 5.54. The Morgan fingerprint density at radius 1 is 1.24 bits per heavy atom. The van der Waals surface area contributed by atoms with Gasteiger partial charge in [-0.1, -0.05) is 18.2 Å². The van der Waals surface area contributed by atoms with E-state index >= 15 is 0 Å². The molecule has 130 valence electrons. The van der Waals surface area contributed by atoms with Gasteiger partial charge in [0.2, 0.25) is 0 Å². The highest BCUT2D eigenvalue weighted by atomic mass is 32.1. The van der Waals surface area contributed by atoms with Crippen LogP contribution in [0.4, 0.5) is 0 Å². The first-order valence-corrected chi connectivity index (χ1v) is 8.68. The lowest BCUT2D eigenvalue weighted by molar-refractivity contribution is -0.152. The number of carbonyl (C=O) groups excluding carboxylic acids is 1. The number of hydrogen-bond donors (Lipinski definition) is 0. The fourth-order valence-electron chi connectivity index (χ4n) is 2.20. The zero-order valence-electron chi connectivity index (χ0n) is 14.2. The van der Waals surface area contributed by atoms with Crippen molar-refractivity contribution in [3.05, 3.63) is 52.7 Å². The third-order valence-electron chi connectivity index (χ3n) is 3.73. The quantitative estimate of drug-likeness (QED) is 0.618. The fourth-order valence-corrected chi connectivity index (χ4v) is 2.84. The molecule has 0 N–H and O–H groups in total. The second kappa shape index (κ2) is 7.48. The van der Waals surface area contributed by atoms with Gasteiger partial charge in [0.25, 0.3) is 11.8 Å². The van der Waals surface area contributed by atoms with E-state index in [2.05, 4.69) is 10.2 Å². The molecule has 0 aliphatic rings. The van der Waals surface area contributed by atoms with Crippen molar-refractivity contribution in [2.24, 2.45) is 0 Å². The maximum atomic E-state index is 12.0. The number of hydrogen-bond acceptors (Lipinski definition) is 7. The molecule has 0 fully saturated rings. The van der Waals surface area contributed by atoms with Gasteiger partial charge in [-0.3, -0.25) is 0 Å². The third kappa shape index (κ3) is 4.06. The molecule has 0 saturated heterocycles. The van der Waals surface area contributed by atoms with E-state index in [4.69, 9.17) is 13.9 Å². The Bertz CT molecular complexity index is 858. The maximum absolute atomic E-state index is 12.0. The van der Waals surface area contributed by atoms with Crippen LogP contribution in [0.25, 0.3) is 10.8 Å². The van der Waals surface area contributed by atoms with Gasteiger partial charge >= 0.3 is 5.97 Å². The van der Waals surface area contributed by atoms with Gasteiger partial charge in [-0.25, -0.2) is 4.79 Å². The first-order chi connectivity index (χ1) is 12.0. The number of nitrogens with zero attached hydrogens (tertiary/aromatic N) is 2. The van der Waals surface area contributed by atoms with Crippen LogP contribution in [-0.2, 0) is 9.53 Å². The highest BCUT2D eigenvalue weighted by Crippen LogP contribution is 2.26. The Morgan fingerprint density at radius 3 is 2.84 bits per heavy atom. The van der Waals surface area contributed by atoms with Gasteiger partial charge in [-0.05, 0) is 49.4 Å². The number of benzene rings is 1. The lowest BCUT2D eigenvalue weighted by Gasteiger charge is -2.12. The van der Waals surface area contributed by atoms with Gasteiger partial charge in [0, 0.05) is 0 Å². The molecule has 0 bridgehead atoms.